The molecule has 2 fully saturated rings. The van der Waals surface area contributed by atoms with Crippen molar-refractivity contribution in [2.75, 3.05) is 33.2 Å². The van der Waals surface area contributed by atoms with Gasteiger partial charge in [-0.05, 0) is 61.6 Å². The average molecular weight is 626 g/mol. The van der Waals surface area contributed by atoms with Gasteiger partial charge in [-0.3, -0.25) is 14.4 Å². The second-order valence-corrected chi connectivity index (χ2v) is 11.6. The Balaban J connectivity index is 1.59. The van der Waals surface area contributed by atoms with Crippen LogP contribution in [0.5, 0.6) is 0 Å². The predicted octanol–water partition coefficient (Wildman–Crippen LogP) is 5.63. The van der Waals surface area contributed by atoms with E-state index in [0.29, 0.717) is 50.0 Å². The van der Waals surface area contributed by atoms with Gasteiger partial charge in [0.15, 0.2) is 0 Å². The molecule has 2 heterocycles. The third-order valence-corrected chi connectivity index (χ3v) is 8.55. The van der Waals surface area contributed by atoms with Crippen molar-refractivity contribution in [2.45, 2.75) is 51.2 Å². The van der Waals surface area contributed by atoms with Crippen molar-refractivity contribution in [1.82, 2.24) is 14.7 Å². The summed E-state index contributed by atoms with van der Waals surface area (Å²) in [5.74, 6) is -1.74. The summed E-state index contributed by atoms with van der Waals surface area (Å²) in [6.07, 6.45) is -3.12. The zero-order chi connectivity index (χ0) is 29.4. The number of hydrogen-bond donors (Lipinski definition) is 0. The number of amides is 3. The highest BCUT2D eigenvalue weighted by molar-refractivity contribution is 9.10. The lowest BCUT2D eigenvalue weighted by Crippen LogP contribution is -2.53. The molecule has 0 saturated carbocycles. The Morgan fingerprint density at radius 2 is 1.62 bits per heavy atom. The van der Waals surface area contributed by atoms with E-state index in [1.54, 1.807) is 28.9 Å². The van der Waals surface area contributed by atoms with Gasteiger partial charge in [0.25, 0.3) is 5.91 Å². The zero-order valence-corrected chi connectivity index (χ0v) is 24.2. The molecule has 0 unspecified atom stereocenters. The van der Waals surface area contributed by atoms with Gasteiger partial charge in [-0.25, -0.2) is 4.39 Å². The molecule has 0 aromatic heterocycles. The number of aryl methyl sites for hydroxylation is 1. The maximum absolute atomic E-state index is 14.6. The first kappa shape index (κ1) is 30.0. The van der Waals surface area contributed by atoms with Crippen LogP contribution in [-0.4, -0.2) is 71.7 Å². The minimum Gasteiger partial charge on any atom is -0.343 e. The number of halogens is 5. The Labute approximate surface area is 239 Å². The van der Waals surface area contributed by atoms with Crippen LogP contribution in [0.2, 0.25) is 0 Å². The molecule has 2 aromatic rings. The van der Waals surface area contributed by atoms with Gasteiger partial charge in [-0.2, -0.15) is 13.2 Å². The van der Waals surface area contributed by atoms with Gasteiger partial charge < -0.3 is 14.7 Å². The number of carbonyl (C=O) groups excluding carboxylic acids is 3. The Hall–Kier alpha value is -2.95. The van der Waals surface area contributed by atoms with E-state index in [1.807, 2.05) is 0 Å². The summed E-state index contributed by atoms with van der Waals surface area (Å²) < 4.78 is 55.0. The molecule has 2 aliphatic rings. The van der Waals surface area contributed by atoms with Crippen molar-refractivity contribution in [1.29, 1.82) is 0 Å². The number of likely N-dealkylation sites (tertiary alicyclic amines) is 2. The maximum Gasteiger partial charge on any atom is 0.416 e. The summed E-state index contributed by atoms with van der Waals surface area (Å²) in [4.78, 5) is 43.5. The highest BCUT2D eigenvalue weighted by Gasteiger charge is 2.40. The number of likely N-dealkylation sites (N-methyl/N-ethyl adjacent to an activating group) is 1. The summed E-state index contributed by atoms with van der Waals surface area (Å²) in [6, 6.07) is 7.44. The second-order valence-electron chi connectivity index (χ2n) is 10.7. The Morgan fingerprint density at radius 1 is 0.975 bits per heavy atom. The Morgan fingerprint density at radius 3 is 2.23 bits per heavy atom. The van der Waals surface area contributed by atoms with Crippen molar-refractivity contribution in [3.8, 4) is 0 Å². The van der Waals surface area contributed by atoms with Gasteiger partial charge in [0.1, 0.15) is 5.82 Å². The van der Waals surface area contributed by atoms with Crippen molar-refractivity contribution in [3.63, 3.8) is 0 Å². The maximum atomic E-state index is 14.6. The number of rotatable bonds is 4. The molecule has 4 rings (SSSR count). The summed E-state index contributed by atoms with van der Waals surface area (Å²) in [5, 5.41) is 0. The molecular formula is C29H32BrF4N3O3. The van der Waals surface area contributed by atoms with E-state index in [4.69, 9.17) is 0 Å². The molecule has 0 aliphatic carbocycles. The van der Waals surface area contributed by atoms with Crippen LogP contribution in [-0.2, 0) is 15.8 Å². The molecule has 2 atom stereocenters. The van der Waals surface area contributed by atoms with Gasteiger partial charge in [-0.1, -0.05) is 28.1 Å². The van der Waals surface area contributed by atoms with Gasteiger partial charge >= 0.3 is 6.18 Å². The normalized spacial score (nSPS) is 20.4. The van der Waals surface area contributed by atoms with Crippen LogP contribution in [0.15, 0.2) is 40.9 Å². The monoisotopic (exact) mass is 625 g/mol. The molecule has 0 N–H and O–H groups in total. The Kier molecular flexibility index (Phi) is 8.92. The SMILES string of the molecule is CC(=O)N1CCC(C(=O)N2CC[C@@H](N(C)C(=O)c3cc(Br)cc(C(F)(F)F)c3)[C@H](c3ccc(C)c(F)c3)C2)CC1. The minimum atomic E-state index is -4.62. The van der Waals surface area contributed by atoms with Gasteiger partial charge in [-0.15, -0.1) is 0 Å². The first-order chi connectivity index (χ1) is 18.8. The predicted molar refractivity (Wildman–Crippen MR) is 145 cm³/mol. The van der Waals surface area contributed by atoms with Crippen LogP contribution in [0.25, 0.3) is 0 Å². The molecule has 11 heteroatoms. The van der Waals surface area contributed by atoms with Crippen molar-refractivity contribution >= 4 is 33.7 Å². The molecule has 0 spiro atoms. The minimum absolute atomic E-state index is 0.0197. The molecule has 0 bridgehead atoms. The molecule has 3 amide bonds. The van der Waals surface area contributed by atoms with Gasteiger partial charge in [0, 0.05) is 68.1 Å². The van der Waals surface area contributed by atoms with Crippen LogP contribution in [0.3, 0.4) is 0 Å². The van der Waals surface area contributed by atoms with Crippen molar-refractivity contribution < 1.29 is 31.9 Å². The highest BCUT2D eigenvalue weighted by atomic mass is 79.9. The lowest BCUT2D eigenvalue weighted by atomic mass is 9.83. The quantitative estimate of drug-likeness (QED) is 0.414. The van der Waals surface area contributed by atoms with Crippen LogP contribution < -0.4 is 0 Å². The summed E-state index contributed by atoms with van der Waals surface area (Å²) in [5.41, 5.74) is 0.0159. The van der Waals surface area contributed by atoms with Crippen molar-refractivity contribution in [2.24, 2.45) is 5.92 Å². The first-order valence-electron chi connectivity index (χ1n) is 13.2. The molecule has 2 aromatic carbocycles. The number of carbonyl (C=O) groups is 3. The van der Waals surface area contributed by atoms with Crippen LogP contribution in [0.4, 0.5) is 17.6 Å². The fraction of sp³-hybridized carbons (Fsp3) is 0.483. The first-order valence-corrected chi connectivity index (χ1v) is 14.0. The van der Waals surface area contributed by atoms with Crippen LogP contribution >= 0.6 is 15.9 Å². The molecule has 2 saturated heterocycles. The highest BCUT2D eigenvalue weighted by Crippen LogP contribution is 2.36. The smallest absolute Gasteiger partial charge is 0.343 e. The van der Waals surface area contributed by atoms with E-state index in [1.165, 1.54) is 31.0 Å². The third kappa shape index (κ3) is 6.50. The summed E-state index contributed by atoms with van der Waals surface area (Å²) >= 11 is 3.08. The second kappa shape index (κ2) is 11.9. The molecule has 40 heavy (non-hydrogen) atoms. The average Bonchev–Trinajstić information content (AvgIpc) is 2.92. The number of benzene rings is 2. The molecule has 6 nitrogen and oxygen atoms in total. The summed E-state index contributed by atoms with van der Waals surface area (Å²) in [6.45, 7) is 4.77. The number of nitrogens with zero attached hydrogens (tertiary/aromatic N) is 3. The fourth-order valence-corrected chi connectivity index (χ4v) is 6.19. The van der Waals surface area contributed by atoms with E-state index in [0.717, 1.165) is 12.1 Å². The standard InChI is InChI=1S/C29H32BrF4N3O3/c1-17-4-5-20(14-25(17)31)24-16-37(28(40)19-6-9-36(10-7-19)18(2)38)11-8-26(24)35(3)27(39)21-12-22(29(32,33)34)15-23(30)13-21/h4-5,12-15,19,24,26H,6-11,16H2,1-3H3/t24-,26+/m0/s1. The topological polar surface area (TPSA) is 60.9 Å². The number of piperidine rings is 2. The fourth-order valence-electron chi connectivity index (χ4n) is 5.70. The molecule has 216 valence electrons. The molecular weight excluding hydrogens is 594 g/mol. The van der Waals surface area contributed by atoms with Crippen LogP contribution in [0, 0.1) is 18.7 Å². The lowest BCUT2D eigenvalue weighted by molar-refractivity contribution is -0.141. The molecule has 2 aliphatic heterocycles. The zero-order valence-electron chi connectivity index (χ0n) is 22.6. The molecule has 0 radical (unpaired) electrons. The number of hydrogen-bond acceptors (Lipinski definition) is 3. The Bertz CT molecular complexity index is 1290. The van der Waals surface area contributed by atoms with E-state index in [2.05, 4.69) is 15.9 Å². The number of alkyl halides is 3. The van der Waals surface area contributed by atoms with Gasteiger partial charge in [0.2, 0.25) is 11.8 Å². The summed E-state index contributed by atoms with van der Waals surface area (Å²) in [7, 11) is 1.54. The van der Waals surface area contributed by atoms with E-state index in [-0.39, 0.29) is 34.3 Å². The van der Waals surface area contributed by atoms with E-state index < -0.39 is 35.4 Å². The van der Waals surface area contributed by atoms with Crippen LogP contribution in [0.1, 0.15) is 59.2 Å². The largest absolute Gasteiger partial charge is 0.416 e. The third-order valence-electron chi connectivity index (χ3n) is 8.09. The van der Waals surface area contributed by atoms with E-state index in [9.17, 15) is 31.9 Å². The van der Waals surface area contributed by atoms with E-state index >= 15 is 0 Å². The van der Waals surface area contributed by atoms with Crippen molar-refractivity contribution in [3.05, 3.63) is 68.9 Å². The lowest BCUT2D eigenvalue weighted by Gasteiger charge is -2.44. The van der Waals surface area contributed by atoms with Gasteiger partial charge in [0.05, 0.1) is 5.56 Å².